The van der Waals surface area contributed by atoms with E-state index in [0.29, 0.717) is 13.2 Å². The van der Waals surface area contributed by atoms with Gasteiger partial charge < -0.3 is 14.7 Å². The molecule has 0 bridgehead atoms. The number of hydrogen-bond donors (Lipinski definition) is 1. The van der Waals surface area contributed by atoms with Crippen molar-refractivity contribution < 1.29 is 19.4 Å². The zero-order valence-electron chi connectivity index (χ0n) is 12.2. The van der Waals surface area contributed by atoms with Crippen molar-refractivity contribution in [3.05, 3.63) is 35.9 Å². The lowest BCUT2D eigenvalue weighted by Crippen LogP contribution is -2.53. The smallest absolute Gasteiger partial charge is 0.323 e. The molecular formula is C16H21NO4. The highest BCUT2D eigenvalue weighted by Gasteiger charge is 2.47. The minimum atomic E-state index is -0.998. The van der Waals surface area contributed by atoms with Crippen LogP contribution in [0.3, 0.4) is 0 Å². The van der Waals surface area contributed by atoms with E-state index in [2.05, 4.69) is 0 Å². The fourth-order valence-electron chi connectivity index (χ4n) is 2.83. The highest BCUT2D eigenvalue weighted by atomic mass is 16.5. The highest BCUT2D eigenvalue weighted by molar-refractivity contribution is 5.91. The van der Waals surface area contributed by atoms with Gasteiger partial charge in [0.1, 0.15) is 6.54 Å². The van der Waals surface area contributed by atoms with Gasteiger partial charge in [0.15, 0.2) is 0 Å². The Hall–Kier alpha value is -1.88. The molecular weight excluding hydrogens is 270 g/mol. The first kappa shape index (κ1) is 15.5. The van der Waals surface area contributed by atoms with Crippen molar-refractivity contribution in [1.82, 2.24) is 4.90 Å². The number of rotatable bonds is 7. The molecule has 0 spiro atoms. The number of ether oxygens (including phenoxy) is 1. The van der Waals surface area contributed by atoms with Crippen LogP contribution in [0.4, 0.5) is 0 Å². The SMILES string of the molecule is COCCN(CC(=O)O)C(=O)C1(c2ccccc2)CCC1. The summed E-state index contributed by atoms with van der Waals surface area (Å²) >= 11 is 0. The van der Waals surface area contributed by atoms with Gasteiger partial charge in [-0.15, -0.1) is 0 Å². The third kappa shape index (κ3) is 3.24. The van der Waals surface area contributed by atoms with Crippen LogP contribution < -0.4 is 0 Å². The number of amides is 1. The fourth-order valence-corrected chi connectivity index (χ4v) is 2.83. The highest BCUT2D eigenvalue weighted by Crippen LogP contribution is 2.45. The van der Waals surface area contributed by atoms with Crippen molar-refractivity contribution in [2.45, 2.75) is 24.7 Å². The summed E-state index contributed by atoms with van der Waals surface area (Å²) in [5.74, 6) is -1.10. The predicted octanol–water partition coefficient (Wildman–Crippen LogP) is 1.67. The second-order valence-electron chi connectivity index (χ2n) is 5.41. The average Bonchev–Trinajstić information content (AvgIpc) is 2.43. The number of nitrogens with zero attached hydrogens (tertiary/aromatic N) is 1. The Morgan fingerprint density at radius 1 is 1.29 bits per heavy atom. The molecule has 5 heteroatoms. The van der Waals surface area contributed by atoms with Crippen LogP contribution in [-0.4, -0.2) is 48.7 Å². The maximum atomic E-state index is 12.9. The van der Waals surface area contributed by atoms with E-state index in [1.165, 1.54) is 4.90 Å². The van der Waals surface area contributed by atoms with Crippen LogP contribution in [0.1, 0.15) is 24.8 Å². The zero-order chi connectivity index (χ0) is 15.3. The first-order valence-corrected chi connectivity index (χ1v) is 7.16. The molecule has 1 aliphatic rings. The molecule has 0 aromatic heterocycles. The second kappa shape index (κ2) is 6.72. The van der Waals surface area contributed by atoms with Crippen molar-refractivity contribution in [3.8, 4) is 0 Å². The van der Waals surface area contributed by atoms with Crippen LogP contribution in [0.15, 0.2) is 30.3 Å². The molecule has 0 saturated heterocycles. The van der Waals surface area contributed by atoms with Gasteiger partial charge >= 0.3 is 5.97 Å². The number of carboxylic acid groups (broad SMARTS) is 1. The normalized spacial score (nSPS) is 16.0. The lowest BCUT2D eigenvalue weighted by Gasteiger charge is -2.43. The van der Waals surface area contributed by atoms with E-state index in [-0.39, 0.29) is 12.5 Å². The van der Waals surface area contributed by atoms with Gasteiger partial charge in [0.2, 0.25) is 5.91 Å². The number of methoxy groups -OCH3 is 1. The zero-order valence-corrected chi connectivity index (χ0v) is 12.2. The van der Waals surface area contributed by atoms with Gasteiger partial charge in [-0.05, 0) is 18.4 Å². The molecule has 1 fully saturated rings. The standard InChI is InChI=1S/C16H21NO4/c1-21-11-10-17(12-14(18)19)15(20)16(8-5-9-16)13-6-3-2-4-7-13/h2-4,6-7H,5,8-12H2,1H3,(H,18,19). The van der Waals surface area contributed by atoms with Gasteiger partial charge in [-0.3, -0.25) is 9.59 Å². The van der Waals surface area contributed by atoms with E-state index in [1.807, 2.05) is 30.3 Å². The predicted molar refractivity (Wildman–Crippen MR) is 78.1 cm³/mol. The molecule has 0 atom stereocenters. The van der Waals surface area contributed by atoms with Crippen LogP contribution in [0.5, 0.6) is 0 Å². The van der Waals surface area contributed by atoms with E-state index in [0.717, 1.165) is 24.8 Å². The van der Waals surface area contributed by atoms with Gasteiger partial charge in [-0.1, -0.05) is 36.8 Å². The molecule has 1 aliphatic carbocycles. The summed E-state index contributed by atoms with van der Waals surface area (Å²) in [6.07, 6.45) is 2.55. The minimum absolute atomic E-state index is 0.0978. The topological polar surface area (TPSA) is 66.8 Å². The van der Waals surface area contributed by atoms with E-state index in [1.54, 1.807) is 7.11 Å². The molecule has 21 heavy (non-hydrogen) atoms. The number of carboxylic acids is 1. The maximum absolute atomic E-state index is 12.9. The lowest BCUT2D eigenvalue weighted by molar-refractivity contribution is -0.149. The van der Waals surface area contributed by atoms with E-state index >= 15 is 0 Å². The van der Waals surface area contributed by atoms with Crippen LogP contribution in [0.25, 0.3) is 0 Å². The maximum Gasteiger partial charge on any atom is 0.323 e. The number of hydrogen-bond acceptors (Lipinski definition) is 3. The summed E-state index contributed by atoms with van der Waals surface area (Å²) in [5, 5.41) is 9.02. The molecule has 0 unspecified atom stereocenters. The van der Waals surface area contributed by atoms with Crippen LogP contribution >= 0.6 is 0 Å². The van der Waals surface area contributed by atoms with Crippen molar-refractivity contribution in [2.24, 2.45) is 0 Å². The van der Waals surface area contributed by atoms with Crippen LogP contribution in [0.2, 0.25) is 0 Å². The molecule has 1 N–H and O–H groups in total. The third-order valence-electron chi connectivity index (χ3n) is 4.12. The monoisotopic (exact) mass is 291 g/mol. The van der Waals surface area contributed by atoms with Gasteiger partial charge in [0, 0.05) is 13.7 Å². The van der Waals surface area contributed by atoms with Gasteiger partial charge in [0.25, 0.3) is 0 Å². The Balaban J connectivity index is 2.22. The molecule has 1 saturated carbocycles. The molecule has 2 rings (SSSR count). The Kier molecular flexibility index (Phi) is 4.96. The summed E-state index contributed by atoms with van der Waals surface area (Å²) in [7, 11) is 1.54. The van der Waals surface area contributed by atoms with Gasteiger partial charge in [0.05, 0.1) is 12.0 Å². The fraction of sp³-hybridized carbons (Fsp3) is 0.500. The van der Waals surface area contributed by atoms with Crippen LogP contribution in [0, 0.1) is 0 Å². The number of aliphatic carboxylic acids is 1. The van der Waals surface area contributed by atoms with Gasteiger partial charge in [-0.25, -0.2) is 0 Å². The molecule has 0 heterocycles. The summed E-state index contributed by atoms with van der Waals surface area (Å²) in [4.78, 5) is 25.3. The van der Waals surface area contributed by atoms with E-state index < -0.39 is 11.4 Å². The average molecular weight is 291 g/mol. The number of carbonyl (C=O) groups is 2. The number of benzene rings is 1. The Bertz CT molecular complexity index is 496. The lowest BCUT2D eigenvalue weighted by atomic mass is 9.63. The Morgan fingerprint density at radius 3 is 2.43 bits per heavy atom. The van der Waals surface area contributed by atoms with Gasteiger partial charge in [-0.2, -0.15) is 0 Å². The summed E-state index contributed by atoms with van der Waals surface area (Å²) in [6.45, 7) is 0.358. The summed E-state index contributed by atoms with van der Waals surface area (Å²) in [6, 6.07) is 9.65. The van der Waals surface area contributed by atoms with Crippen molar-refractivity contribution >= 4 is 11.9 Å². The molecule has 1 aromatic rings. The molecule has 0 radical (unpaired) electrons. The Morgan fingerprint density at radius 2 is 1.95 bits per heavy atom. The molecule has 0 aliphatic heterocycles. The molecule has 1 aromatic carbocycles. The Labute approximate surface area is 124 Å². The van der Waals surface area contributed by atoms with Crippen molar-refractivity contribution in [3.63, 3.8) is 0 Å². The minimum Gasteiger partial charge on any atom is -0.480 e. The first-order chi connectivity index (χ1) is 10.1. The van der Waals surface area contributed by atoms with Crippen LogP contribution in [-0.2, 0) is 19.7 Å². The quantitative estimate of drug-likeness (QED) is 0.830. The second-order valence-corrected chi connectivity index (χ2v) is 5.41. The molecule has 5 nitrogen and oxygen atoms in total. The van der Waals surface area contributed by atoms with Crippen molar-refractivity contribution in [1.29, 1.82) is 0 Å². The first-order valence-electron chi connectivity index (χ1n) is 7.16. The molecule has 114 valence electrons. The van der Waals surface area contributed by atoms with E-state index in [4.69, 9.17) is 9.84 Å². The summed E-state index contributed by atoms with van der Waals surface area (Å²) < 4.78 is 4.99. The summed E-state index contributed by atoms with van der Waals surface area (Å²) in [5.41, 5.74) is 0.429. The van der Waals surface area contributed by atoms with E-state index in [9.17, 15) is 9.59 Å². The van der Waals surface area contributed by atoms with Crippen molar-refractivity contribution in [2.75, 3.05) is 26.8 Å². The molecule has 1 amide bonds. The third-order valence-corrected chi connectivity index (χ3v) is 4.12. The largest absolute Gasteiger partial charge is 0.480 e. The number of carbonyl (C=O) groups excluding carboxylic acids is 1.